The molecule has 0 N–H and O–H groups in total. The predicted octanol–water partition coefficient (Wildman–Crippen LogP) is 3.13. The van der Waals surface area contributed by atoms with Crippen LogP contribution in [-0.4, -0.2) is 17.4 Å². The Kier molecular flexibility index (Phi) is 4.98. The topological polar surface area (TPSA) is 52.4 Å². The third-order valence-corrected chi connectivity index (χ3v) is 2.18. The fourth-order valence-electron chi connectivity index (χ4n) is 1.10. The normalized spacial score (nSPS) is 10.1. The van der Waals surface area contributed by atoms with E-state index in [-0.39, 0.29) is 11.4 Å². The molecule has 1 rings (SSSR count). The number of nitro groups is 1. The zero-order valence-electron chi connectivity index (χ0n) is 8.49. The van der Waals surface area contributed by atoms with Crippen LogP contribution in [0.25, 0.3) is 0 Å². The van der Waals surface area contributed by atoms with Crippen LogP contribution < -0.4 is 4.74 Å². The molecule has 0 fully saturated rings. The van der Waals surface area contributed by atoms with Crippen LogP contribution in [0.5, 0.6) is 5.75 Å². The number of unbranched alkanes of at least 4 members (excludes halogenated alkanes) is 1. The quantitative estimate of drug-likeness (QED) is 0.336. The minimum atomic E-state index is -0.722. The summed E-state index contributed by atoms with van der Waals surface area (Å²) >= 11 is 5.47. The number of rotatable bonds is 6. The van der Waals surface area contributed by atoms with Gasteiger partial charge in [-0.15, -0.1) is 11.6 Å². The molecule has 0 heterocycles. The Morgan fingerprint density at radius 2 is 2.19 bits per heavy atom. The molecule has 0 aliphatic rings. The molecule has 0 spiro atoms. The summed E-state index contributed by atoms with van der Waals surface area (Å²) in [6.07, 6.45) is 1.51. The van der Waals surface area contributed by atoms with E-state index in [2.05, 4.69) is 0 Å². The van der Waals surface area contributed by atoms with Crippen molar-refractivity contribution < 1.29 is 14.1 Å². The summed E-state index contributed by atoms with van der Waals surface area (Å²) in [5.41, 5.74) is -0.286. The van der Waals surface area contributed by atoms with E-state index in [1.54, 1.807) is 0 Å². The molecule has 0 bridgehead atoms. The fraction of sp³-hybridized carbons (Fsp3) is 0.400. The lowest BCUT2D eigenvalue weighted by Crippen LogP contribution is -2.00. The molecule has 1 aromatic rings. The van der Waals surface area contributed by atoms with Gasteiger partial charge in [0.2, 0.25) is 0 Å². The van der Waals surface area contributed by atoms with E-state index in [4.69, 9.17) is 16.3 Å². The molecular formula is C10H11ClFNO3. The van der Waals surface area contributed by atoms with Crippen molar-refractivity contribution in [3.05, 3.63) is 34.1 Å². The van der Waals surface area contributed by atoms with Gasteiger partial charge in [-0.2, -0.15) is 0 Å². The first-order valence-electron chi connectivity index (χ1n) is 4.78. The van der Waals surface area contributed by atoms with E-state index in [1.165, 1.54) is 12.1 Å². The SMILES string of the molecule is O=[N+]([O-])c1ccc(OCCCCCl)c(F)c1. The van der Waals surface area contributed by atoms with E-state index in [0.717, 1.165) is 18.9 Å². The Balaban J connectivity index is 2.57. The lowest BCUT2D eigenvalue weighted by molar-refractivity contribution is -0.385. The van der Waals surface area contributed by atoms with E-state index < -0.39 is 10.7 Å². The van der Waals surface area contributed by atoms with Crippen molar-refractivity contribution in [2.24, 2.45) is 0 Å². The van der Waals surface area contributed by atoms with Crippen LogP contribution in [-0.2, 0) is 0 Å². The highest BCUT2D eigenvalue weighted by Crippen LogP contribution is 2.22. The second kappa shape index (κ2) is 6.27. The largest absolute Gasteiger partial charge is 0.491 e. The van der Waals surface area contributed by atoms with E-state index in [0.29, 0.717) is 12.5 Å². The maximum Gasteiger partial charge on any atom is 0.272 e. The summed E-state index contributed by atoms with van der Waals surface area (Å²) in [5.74, 6) is -0.160. The van der Waals surface area contributed by atoms with Gasteiger partial charge in [0.15, 0.2) is 11.6 Å². The van der Waals surface area contributed by atoms with E-state index in [9.17, 15) is 14.5 Å². The molecule has 0 aromatic heterocycles. The second-order valence-electron chi connectivity index (χ2n) is 3.12. The molecule has 0 saturated heterocycles. The molecule has 0 unspecified atom stereocenters. The molecule has 0 aliphatic heterocycles. The summed E-state index contributed by atoms with van der Waals surface area (Å²) in [5, 5.41) is 10.3. The van der Waals surface area contributed by atoms with Gasteiger partial charge in [-0.25, -0.2) is 4.39 Å². The van der Waals surface area contributed by atoms with E-state index in [1.807, 2.05) is 0 Å². The Bertz CT molecular complexity index is 373. The maximum absolute atomic E-state index is 13.3. The molecule has 0 saturated carbocycles. The summed E-state index contributed by atoms with van der Waals surface area (Å²) < 4.78 is 18.4. The Morgan fingerprint density at radius 1 is 1.44 bits per heavy atom. The molecule has 0 amide bonds. The molecule has 0 aliphatic carbocycles. The summed E-state index contributed by atoms with van der Waals surface area (Å²) in [6.45, 7) is 0.349. The predicted molar refractivity (Wildman–Crippen MR) is 58.5 cm³/mol. The van der Waals surface area contributed by atoms with Crippen molar-refractivity contribution in [1.82, 2.24) is 0 Å². The van der Waals surface area contributed by atoms with Crippen LogP contribution in [0.1, 0.15) is 12.8 Å². The first kappa shape index (κ1) is 12.7. The Hall–Kier alpha value is -1.36. The van der Waals surface area contributed by atoms with Gasteiger partial charge in [0.25, 0.3) is 5.69 Å². The zero-order chi connectivity index (χ0) is 12.0. The lowest BCUT2D eigenvalue weighted by atomic mass is 10.3. The number of ether oxygens (including phenoxy) is 1. The van der Waals surface area contributed by atoms with Crippen molar-refractivity contribution >= 4 is 17.3 Å². The van der Waals surface area contributed by atoms with Gasteiger partial charge in [0.05, 0.1) is 17.6 Å². The number of halogens is 2. The molecule has 6 heteroatoms. The lowest BCUT2D eigenvalue weighted by Gasteiger charge is -2.05. The van der Waals surface area contributed by atoms with Crippen LogP contribution in [0.3, 0.4) is 0 Å². The van der Waals surface area contributed by atoms with Crippen LogP contribution in [0.2, 0.25) is 0 Å². The third-order valence-electron chi connectivity index (χ3n) is 1.91. The fourth-order valence-corrected chi connectivity index (χ4v) is 1.29. The highest BCUT2D eigenvalue weighted by Gasteiger charge is 2.11. The molecule has 88 valence electrons. The second-order valence-corrected chi connectivity index (χ2v) is 3.49. The Labute approximate surface area is 97.1 Å². The molecule has 1 aromatic carbocycles. The molecule has 4 nitrogen and oxygen atoms in total. The first-order chi connectivity index (χ1) is 7.65. The Morgan fingerprint density at radius 3 is 2.75 bits per heavy atom. The minimum Gasteiger partial charge on any atom is -0.491 e. The van der Waals surface area contributed by atoms with Crippen molar-refractivity contribution in [2.75, 3.05) is 12.5 Å². The van der Waals surface area contributed by atoms with E-state index >= 15 is 0 Å². The van der Waals surface area contributed by atoms with Gasteiger partial charge in [-0.05, 0) is 18.9 Å². The highest BCUT2D eigenvalue weighted by molar-refractivity contribution is 6.17. The van der Waals surface area contributed by atoms with Gasteiger partial charge in [0, 0.05) is 11.9 Å². The van der Waals surface area contributed by atoms with Crippen molar-refractivity contribution in [2.45, 2.75) is 12.8 Å². The van der Waals surface area contributed by atoms with Gasteiger partial charge in [-0.3, -0.25) is 10.1 Å². The van der Waals surface area contributed by atoms with Crippen LogP contribution in [0.15, 0.2) is 18.2 Å². The highest BCUT2D eigenvalue weighted by atomic mass is 35.5. The summed E-state index contributed by atoms with van der Waals surface area (Å²) in [7, 11) is 0. The number of alkyl halides is 1. The van der Waals surface area contributed by atoms with Gasteiger partial charge in [-0.1, -0.05) is 0 Å². The van der Waals surface area contributed by atoms with Gasteiger partial charge in [0.1, 0.15) is 0 Å². The summed E-state index contributed by atoms with van der Waals surface area (Å²) in [6, 6.07) is 3.31. The average molecular weight is 248 g/mol. The third kappa shape index (κ3) is 3.66. The number of benzene rings is 1. The average Bonchev–Trinajstić information content (AvgIpc) is 2.26. The van der Waals surface area contributed by atoms with Crippen molar-refractivity contribution in [3.8, 4) is 5.75 Å². The molecule has 0 atom stereocenters. The number of hydrogen-bond donors (Lipinski definition) is 0. The standard InChI is InChI=1S/C10H11ClFNO3/c11-5-1-2-6-16-10-4-3-8(13(14)15)7-9(10)12/h3-4,7H,1-2,5-6H2. The van der Waals surface area contributed by atoms with Gasteiger partial charge < -0.3 is 4.74 Å². The smallest absolute Gasteiger partial charge is 0.272 e. The monoisotopic (exact) mass is 247 g/mol. The molecular weight excluding hydrogens is 237 g/mol. The number of non-ortho nitro benzene ring substituents is 1. The zero-order valence-corrected chi connectivity index (χ0v) is 9.24. The molecule has 16 heavy (non-hydrogen) atoms. The number of hydrogen-bond acceptors (Lipinski definition) is 3. The summed E-state index contributed by atoms with van der Waals surface area (Å²) in [4.78, 5) is 9.69. The van der Waals surface area contributed by atoms with Crippen molar-refractivity contribution in [1.29, 1.82) is 0 Å². The minimum absolute atomic E-state index is 0.0279. The first-order valence-corrected chi connectivity index (χ1v) is 5.31. The van der Waals surface area contributed by atoms with Crippen molar-refractivity contribution in [3.63, 3.8) is 0 Å². The number of nitro benzene ring substituents is 1. The van der Waals surface area contributed by atoms with Gasteiger partial charge >= 0.3 is 0 Å². The molecule has 0 radical (unpaired) electrons. The maximum atomic E-state index is 13.3. The van der Waals surface area contributed by atoms with Crippen LogP contribution >= 0.6 is 11.6 Å². The number of nitrogens with zero attached hydrogens (tertiary/aromatic N) is 1. The van der Waals surface area contributed by atoms with Crippen LogP contribution in [0.4, 0.5) is 10.1 Å². The van der Waals surface area contributed by atoms with Crippen LogP contribution in [0, 0.1) is 15.9 Å².